The molecule has 2 aromatic heterocycles. The summed E-state index contributed by atoms with van der Waals surface area (Å²) in [5.74, 6) is 0. The molecular weight excluding hydrogens is 1270 g/mol. The summed E-state index contributed by atoms with van der Waals surface area (Å²) in [4.78, 5) is 5.38. The molecule has 0 fully saturated rings. The standard InChI is InChI=1S/C100H71BN4/c1-100(2,3)74-63-94-96-95(64-74)105(99-80(70-39-18-8-19-40-70)50-30-51-81(99)71-41-20-9-21-42-71)93-65-75(102-88-52-25-22-43-82(88)83-44-23-26-53-89(83)102)57-59-87(93)101(96)86-58-55-73(62-92(86)104(94)98-78(68-35-14-6-15-36-68)48-29-49-79(98)69-37-16-7-17-38-69)72-56-60-91-85(61-72)84-45-24-27-54-90(84)103(91)97-76(66-31-10-4-11-32-66)46-28-47-77(97)67-33-12-5-13-34-67/h4-65H,1-3H3. The second kappa shape index (κ2) is 24.8. The Kier molecular flexibility index (Phi) is 14.6. The van der Waals surface area contributed by atoms with Crippen LogP contribution in [-0.4, -0.2) is 15.8 Å². The van der Waals surface area contributed by atoms with Gasteiger partial charge in [0.2, 0.25) is 0 Å². The number of aromatic nitrogens is 2. The summed E-state index contributed by atoms with van der Waals surface area (Å²) in [6, 6.07) is 141. The molecular formula is C100H71BN4. The second-order valence-corrected chi connectivity index (χ2v) is 29.1. The van der Waals surface area contributed by atoms with Gasteiger partial charge in [-0.15, -0.1) is 0 Å². The zero-order valence-corrected chi connectivity index (χ0v) is 58.7. The molecule has 18 aromatic rings. The number of hydrogen-bond donors (Lipinski definition) is 0. The molecule has 0 N–H and O–H groups in total. The number of hydrogen-bond acceptors (Lipinski definition) is 2. The van der Waals surface area contributed by atoms with Crippen molar-refractivity contribution in [1.29, 1.82) is 0 Å². The fraction of sp³-hybridized carbons (Fsp3) is 0.0400. The molecule has 494 valence electrons. The van der Waals surface area contributed by atoms with Crippen molar-refractivity contribution in [2.45, 2.75) is 26.2 Å². The summed E-state index contributed by atoms with van der Waals surface area (Å²) >= 11 is 0. The van der Waals surface area contributed by atoms with E-state index in [-0.39, 0.29) is 12.1 Å². The quantitative estimate of drug-likeness (QED) is 0.120. The lowest BCUT2D eigenvalue weighted by molar-refractivity contribution is 0.590. The molecule has 0 unspecified atom stereocenters. The zero-order valence-electron chi connectivity index (χ0n) is 58.7. The van der Waals surface area contributed by atoms with Crippen LogP contribution in [0.1, 0.15) is 26.3 Å². The van der Waals surface area contributed by atoms with E-state index in [1.54, 1.807) is 0 Å². The molecule has 0 saturated carbocycles. The van der Waals surface area contributed by atoms with Crippen molar-refractivity contribution in [2.24, 2.45) is 0 Å². The Labute approximate surface area is 613 Å². The molecule has 0 saturated heterocycles. The zero-order chi connectivity index (χ0) is 69.9. The summed E-state index contributed by atoms with van der Waals surface area (Å²) in [5, 5.41) is 4.85. The van der Waals surface area contributed by atoms with Gasteiger partial charge in [0.25, 0.3) is 6.71 Å². The van der Waals surface area contributed by atoms with Gasteiger partial charge in [-0.3, -0.25) is 0 Å². The summed E-state index contributed by atoms with van der Waals surface area (Å²) in [6.45, 7) is 6.93. The van der Waals surface area contributed by atoms with Crippen molar-refractivity contribution in [3.8, 4) is 89.3 Å². The van der Waals surface area contributed by atoms with Crippen LogP contribution >= 0.6 is 0 Å². The van der Waals surface area contributed by atoms with E-state index in [1.807, 2.05) is 0 Å². The van der Waals surface area contributed by atoms with Gasteiger partial charge in [-0.05, 0) is 133 Å². The first kappa shape index (κ1) is 61.6. The van der Waals surface area contributed by atoms with E-state index in [4.69, 9.17) is 0 Å². The highest BCUT2D eigenvalue weighted by molar-refractivity contribution is 7.00. The van der Waals surface area contributed by atoms with Crippen LogP contribution in [0.3, 0.4) is 0 Å². The predicted molar refractivity (Wildman–Crippen MR) is 446 cm³/mol. The van der Waals surface area contributed by atoms with Gasteiger partial charge >= 0.3 is 0 Å². The molecule has 4 heterocycles. The molecule has 16 aromatic carbocycles. The van der Waals surface area contributed by atoms with E-state index in [0.29, 0.717) is 0 Å². The second-order valence-electron chi connectivity index (χ2n) is 29.1. The van der Waals surface area contributed by atoms with Crippen molar-refractivity contribution in [2.75, 3.05) is 9.80 Å². The molecule has 20 rings (SSSR count). The first-order valence-electron chi connectivity index (χ1n) is 36.6. The first-order chi connectivity index (χ1) is 51.8. The van der Waals surface area contributed by atoms with E-state index >= 15 is 0 Å². The van der Waals surface area contributed by atoms with Gasteiger partial charge in [-0.25, -0.2) is 0 Å². The molecule has 0 bridgehead atoms. The molecule has 0 spiro atoms. The molecule has 0 atom stereocenters. The van der Waals surface area contributed by atoms with Gasteiger partial charge < -0.3 is 18.9 Å². The maximum Gasteiger partial charge on any atom is 0.252 e. The Balaban J connectivity index is 0.898. The van der Waals surface area contributed by atoms with E-state index in [0.717, 1.165) is 112 Å². The molecule has 105 heavy (non-hydrogen) atoms. The maximum atomic E-state index is 2.70. The Morgan fingerprint density at radius 1 is 0.229 bits per heavy atom. The van der Waals surface area contributed by atoms with Crippen LogP contribution in [0, 0.1) is 0 Å². The summed E-state index contributed by atoms with van der Waals surface area (Å²) in [6.07, 6.45) is 0. The van der Waals surface area contributed by atoms with Crippen LogP contribution < -0.4 is 26.2 Å². The van der Waals surface area contributed by atoms with Crippen LogP contribution in [0.2, 0.25) is 0 Å². The number of fused-ring (bicyclic) bond motifs is 10. The van der Waals surface area contributed by atoms with Crippen LogP contribution in [0.15, 0.2) is 376 Å². The summed E-state index contributed by atoms with van der Waals surface area (Å²) in [7, 11) is 0. The maximum absolute atomic E-state index is 2.70. The fourth-order valence-electron chi connectivity index (χ4n) is 17.3. The topological polar surface area (TPSA) is 16.3 Å². The number of nitrogens with zero attached hydrogens (tertiary/aromatic N) is 4. The summed E-state index contributed by atoms with van der Waals surface area (Å²) in [5.41, 5.74) is 34.5. The van der Waals surface area contributed by atoms with Crippen LogP contribution in [0.4, 0.5) is 34.1 Å². The van der Waals surface area contributed by atoms with Crippen LogP contribution in [0.25, 0.3) is 133 Å². The number of benzene rings is 16. The highest BCUT2D eigenvalue weighted by Gasteiger charge is 2.46. The van der Waals surface area contributed by atoms with Gasteiger partial charge in [-0.2, -0.15) is 0 Å². The van der Waals surface area contributed by atoms with Gasteiger partial charge in [0.1, 0.15) is 0 Å². The average Bonchev–Trinajstić information content (AvgIpc) is 1.15. The lowest BCUT2D eigenvalue weighted by Gasteiger charge is -2.46. The van der Waals surface area contributed by atoms with Gasteiger partial charge in [0, 0.05) is 83.4 Å². The third kappa shape index (κ3) is 10.1. The highest BCUT2D eigenvalue weighted by Crippen LogP contribution is 2.55. The van der Waals surface area contributed by atoms with Crippen molar-refractivity contribution >= 4 is 101 Å². The van der Waals surface area contributed by atoms with Crippen molar-refractivity contribution < 1.29 is 0 Å². The molecule has 0 aliphatic carbocycles. The average molecular weight is 1340 g/mol. The lowest BCUT2D eigenvalue weighted by atomic mass is 9.33. The van der Waals surface area contributed by atoms with E-state index in [2.05, 4.69) is 416 Å². The van der Waals surface area contributed by atoms with Crippen molar-refractivity contribution in [3.63, 3.8) is 0 Å². The lowest BCUT2D eigenvalue weighted by Crippen LogP contribution is -2.61. The smallest absolute Gasteiger partial charge is 0.252 e. The highest BCUT2D eigenvalue weighted by atomic mass is 15.2. The van der Waals surface area contributed by atoms with Crippen LogP contribution in [-0.2, 0) is 5.41 Å². The first-order valence-corrected chi connectivity index (χ1v) is 36.6. The van der Waals surface area contributed by atoms with Gasteiger partial charge in [0.05, 0.1) is 39.1 Å². The molecule has 0 amide bonds. The Hall–Kier alpha value is -13.2. The molecule has 2 aliphatic heterocycles. The van der Waals surface area contributed by atoms with Crippen LogP contribution in [0.5, 0.6) is 0 Å². The number of rotatable bonds is 11. The monoisotopic (exact) mass is 1340 g/mol. The van der Waals surface area contributed by atoms with E-state index in [1.165, 1.54) is 76.8 Å². The van der Waals surface area contributed by atoms with E-state index in [9.17, 15) is 0 Å². The Bertz CT molecular complexity index is 6210. The predicted octanol–water partition coefficient (Wildman–Crippen LogP) is 24.9. The number of anilines is 6. The van der Waals surface area contributed by atoms with Gasteiger partial charge in [-0.1, -0.05) is 336 Å². The largest absolute Gasteiger partial charge is 0.310 e. The van der Waals surface area contributed by atoms with Crippen molar-refractivity contribution in [1.82, 2.24) is 9.13 Å². The minimum absolute atomic E-state index is 0.222. The Morgan fingerprint density at radius 3 is 0.962 bits per heavy atom. The molecule has 5 heteroatoms. The summed E-state index contributed by atoms with van der Waals surface area (Å²) < 4.78 is 5.02. The number of para-hydroxylation sites is 6. The molecule has 0 radical (unpaired) electrons. The minimum Gasteiger partial charge on any atom is -0.310 e. The SMILES string of the molecule is CC(C)(C)c1cc2c3c(c1)N(c1c(-c4ccccc4)cccc1-c1ccccc1)c1cc(-n4c5ccccc5c5ccccc54)ccc1B3c1ccc(-c3ccc4c(c3)c3ccccc3n4-c3c(-c4ccccc4)cccc3-c3ccccc3)cc1N2c1c(-c2ccccc2)cccc1-c1ccccc1. The Morgan fingerprint density at radius 2 is 0.552 bits per heavy atom. The normalized spacial score (nSPS) is 12.5. The minimum atomic E-state index is -0.313. The fourth-order valence-corrected chi connectivity index (χ4v) is 17.3. The van der Waals surface area contributed by atoms with Crippen molar-refractivity contribution in [3.05, 3.63) is 382 Å². The third-order valence-electron chi connectivity index (χ3n) is 22.1. The molecule has 2 aliphatic rings. The van der Waals surface area contributed by atoms with Gasteiger partial charge in [0.15, 0.2) is 0 Å². The van der Waals surface area contributed by atoms with E-state index < -0.39 is 0 Å². The molecule has 4 nitrogen and oxygen atoms in total. The third-order valence-corrected chi connectivity index (χ3v) is 22.1.